The van der Waals surface area contributed by atoms with E-state index in [4.69, 9.17) is 27.4 Å². The van der Waals surface area contributed by atoms with E-state index in [2.05, 4.69) is 0 Å². The Bertz CT molecular complexity index is 888. The van der Waals surface area contributed by atoms with Crippen molar-refractivity contribution in [3.05, 3.63) is 54.1 Å². The van der Waals surface area contributed by atoms with Gasteiger partial charge in [-0.3, -0.25) is 4.57 Å². The fraction of sp³-hybridized carbons (Fsp3) is 0.316. The molecular formula is C19H26O7P2S. The molecule has 0 amide bonds. The molecule has 29 heavy (non-hydrogen) atoms. The van der Waals surface area contributed by atoms with E-state index in [9.17, 15) is 4.57 Å². The molecule has 0 N–H and O–H groups in total. The van der Waals surface area contributed by atoms with Crippen LogP contribution in [0, 0.1) is 0 Å². The molecule has 0 saturated carbocycles. The fourth-order valence-corrected chi connectivity index (χ4v) is 8.66. The van der Waals surface area contributed by atoms with E-state index in [-0.39, 0.29) is 5.03 Å². The monoisotopic (exact) mass is 460 g/mol. The van der Waals surface area contributed by atoms with Gasteiger partial charge in [0, 0.05) is 50.9 Å². The number of ether oxygens (including phenoxy) is 1. The molecule has 10 heteroatoms. The molecule has 0 saturated heterocycles. The molecule has 0 aromatic heterocycles. The smallest absolute Gasteiger partial charge is 0.368 e. The Morgan fingerprint density at radius 2 is 1.31 bits per heavy atom. The third-order valence-corrected chi connectivity index (χ3v) is 10.6. The largest absolute Gasteiger partial charge is 0.497 e. The predicted octanol–water partition coefficient (Wildman–Crippen LogP) is 5.51. The Morgan fingerprint density at radius 3 is 1.79 bits per heavy atom. The lowest BCUT2D eigenvalue weighted by Gasteiger charge is -2.28. The minimum absolute atomic E-state index is 0.221. The molecule has 0 atom stereocenters. The lowest BCUT2D eigenvalue weighted by Crippen LogP contribution is -2.13. The van der Waals surface area contributed by atoms with Gasteiger partial charge in [0.1, 0.15) is 10.8 Å². The minimum atomic E-state index is -3.77. The standard InChI is InChI=1S/C19H26O7P2S/c1-21-15-11-13-16(14-12-15)29-18-10-8-7-9-17(18)19(27(20,22-2)23-3)28(24-4,25-5)26-6/h7-14H,1-6H3. The van der Waals surface area contributed by atoms with Gasteiger partial charge in [-0.2, -0.15) is 0 Å². The Balaban J connectivity index is 2.73. The summed E-state index contributed by atoms with van der Waals surface area (Å²) in [5.74, 6) is 0.765. The summed E-state index contributed by atoms with van der Waals surface area (Å²) in [6.07, 6.45) is 0. The molecule has 0 aliphatic carbocycles. The topological polar surface area (TPSA) is 72.5 Å². The van der Waals surface area contributed by atoms with Crippen LogP contribution in [0.2, 0.25) is 0 Å². The maximum atomic E-state index is 13.5. The SMILES string of the molecule is COc1ccc(Sc2ccccc2C(P(=O)(OC)OC)=P(OC)(OC)OC)cc1. The Labute approximate surface area is 176 Å². The summed E-state index contributed by atoms with van der Waals surface area (Å²) < 4.78 is 46.2. The third kappa shape index (κ3) is 5.16. The molecule has 0 heterocycles. The van der Waals surface area contributed by atoms with Crippen LogP contribution in [0.5, 0.6) is 5.75 Å². The summed E-state index contributed by atoms with van der Waals surface area (Å²) in [5, 5.41) is 0.221. The van der Waals surface area contributed by atoms with E-state index < -0.39 is 15.2 Å². The highest BCUT2D eigenvalue weighted by atomic mass is 32.2. The van der Waals surface area contributed by atoms with Crippen molar-refractivity contribution in [1.29, 1.82) is 0 Å². The maximum Gasteiger partial charge on any atom is 0.368 e. The molecule has 0 unspecified atom stereocenters. The summed E-state index contributed by atoms with van der Waals surface area (Å²) >= 11 is 1.49. The van der Waals surface area contributed by atoms with Crippen LogP contribution in [0.1, 0.15) is 5.56 Å². The van der Waals surface area contributed by atoms with Crippen molar-refractivity contribution in [2.45, 2.75) is 9.79 Å². The van der Waals surface area contributed by atoms with Gasteiger partial charge in [0.05, 0.1) is 7.11 Å². The zero-order valence-corrected chi connectivity index (χ0v) is 19.9. The van der Waals surface area contributed by atoms with Crippen LogP contribution in [0.3, 0.4) is 0 Å². The number of rotatable bonds is 10. The molecule has 0 bridgehead atoms. The molecule has 0 fully saturated rings. The van der Waals surface area contributed by atoms with Crippen molar-refractivity contribution in [3.8, 4) is 5.75 Å². The van der Waals surface area contributed by atoms with Crippen molar-refractivity contribution in [3.63, 3.8) is 0 Å². The summed E-state index contributed by atoms with van der Waals surface area (Å²) in [5.41, 5.74) is 0.610. The van der Waals surface area contributed by atoms with Gasteiger partial charge in [0.15, 0.2) is 0 Å². The summed E-state index contributed by atoms with van der Waals surface area (Å²) in [4.78, 5) is 1.79. The molecule has 2 aromatic rings. The molecule has 0 spiro atoms. The molecule has 0 radical (unpaired) electrons. The van der Waals surface area contributed by atoms with Crippen molar-refractivity contribution in [2.75, 3.05) is 42.7 Å². The van der Waals surface area contributed by atoms with E-state index in [1.54, 1.807) is 7.11 Å². The Kier molecular flexibility index (Phi) is 9.01. The molecule has 0 aliphatic rings. The normalized spacial score (nSPS) is 12.1. The average molecular weight is 460 g/mol. The molecular weight excluding hydrogens is 434 g/mol. The zero-order valence-electron chi connectivity index (χ0n) is 17.3. The highest BCUT2D eigenvalue weighted by Gasteiger charge is 2.41. The van der Waals surface area contributed by atoms with Crippen molar-refractivity contribution in [2.24, 2.45) is 0 Å². The van der Waals surface area contributed by atoms with E-state index in [1.807, 2.05) is 48.5 Å². The van der Waals surface area contributed by atoms with Gasteiger partial charge in [0.25, 0.3) is 7.57 Å². The Morgan fingerprint density at radius 1 is 0.759 bits per heavy atom. The predicted molar refractivity (Wildman–Crippen MR) is 117 cm³/mol. The molecule has 2 rings (SSSR count). The first-order valence-corrected chi connectivity index (χ1v) is 12.4. The quantitative estimate of drug-likeness (QED) is 0.430. The van der Waals surface area contributed by atoms with Gasteiger partial charge < -0.3 is 27.4 Å². The second kappa shape index (κ2) is 10.8. The van der Waals surface area contributed by atoms with E-state index in [1.165, 1.54) is 47.3 Å². The first kappa shape index (κ1) is 24.2. The van der Waals surface area contributed by atoms with E-state index in [0.29, 0.717) is 5.56 Å². The maximum absolute atomic E-state index is 13.5. The van der Waals surface area contributed by atoms with Gasteiger partial charge in [-0.05, 0) is 30.3 Å². The highest BCUT2D eigenvalue weighted by molar-refractivity contribution is 7.99. The molecule has 160 valence electrons. The van der Waals surface area contributed by atoms with Gasteiger partial charge in [-0.15, -0.1) is 0 Å². The molecule has 2 aromatic carbocycles. The molecule has 7 nitrogen and oxygen atoms in total. The van der Waals surface area contributed by atoms with Crippen LogP contribution in [0.15, 0.2) is 58.3 Å². The van der Waals surface area contributed by atoms with Crippen LogP contribution in [-0.2, 0) is 27.2 Å². The van der Waals surface area contributed by atoms with Crippen molar-refractivity contribution >= 4 is 32.0 Å². The third-order valence-electron chi connectivity index (χ3n) is 4.14. The Hall–Kier alpha value is -1.08. The number of hydrogen-bond donors (Lipinski definition) is 0. The van der Waals surface area contributed by atoms with Gasteiger partial charge in [0.2, 0.25) is 0 Å². The lowest BCUT2D eigenvalue weighted by atomic mass is 10.2. The number of benzene rings is 2. The van der Waals surface area contributed by atoms with Crippen LogP contribution < -0.4 is 4.74 Å². The van der Waals surface area contributed by atoms with Crippen molar-refractivity contribution in [1.82, 2.24) is 0 Å². The second-order valence-corrected chi connectivity index (χ2v) is 11.7. The number of hydrogen-bond acceptors (Lipinski definition) is 8. The second-order valence-electron chi connectivity index (χ2n) is 5.51. The summed E-state index contributed by atoms with van der Waals surface area (Å²) in [6.45, 7) is 0. The first-order valence-electron chi connectivity index (χ1n) is 8.50. The fourth-order valence-electron chi connectivity index (χ4n) is 2.69. The van der Waals surface area contributed by atoms with E-state index >= 15 is 0 Å². The van der Waals surface area contributed by atoms with E-state index in [0.717, 1.165) is 15.5 Å². The molecule has 0 aliphatic heterocycles. The summed E-state index contributed by atoms with van der Waals surface area (Å²) in [6, 6.07) is 15.1. The lowest BCUT2D eigenvalue weighted by molar-refractivity contribution is 0.232. The van der Waals surface area contributed by atoms with Crippen LogP contribution >= 0.6 is 26.9 Å². The average Bonchev–Trinajstić information content (AvgIpc) is 2.78. The zero-order chi connectivity index (χ0) is 21.5. The van der Waals surface area contributed by atoms with Crippen LogP contribution in [0.4, 0.5) is 0 Å². The van der Waals surface area contributed by atoms with Crippen LogP contribution in [0.25, 0.3) is 0 Å². The van der Waals surface area contributed by atoms with Gasteiger partial charge in [-0.1, -0.05) is 30.0 Å². The summed E-state index contributed by atoms with van der Waals surface area (Å²) in [7, 11) is 1.61. The minimum Gasteiger partial charge on any atom is -0.497 e. The van der Waals surface area contributed by atoms with Crippen LogP contribution in [-0.4, -0.2) is 47.7 Å². The van der Waals surface area contributed by atoms with Crippen molar-refractivity contribution < 1.29 is 31.9 Å². The first-order chi connectivity index (χ1) is 13.9. The van der Waals surface area contributed by atoms with Gasteiger partial charge >= 0.3 is 7.60 Å². The number of methoxy groups -OCH3 is 1. The van der Waals surface area contributed by atoms with Gasteiger partial charge in [-0.25, -0.2) is 0 Å². The highest BCUT2D eigenvalue weighted by Crippen LogP contribution is 2.65.